The van der Waals surface area contributed by atoms with Crippen molar-refractivity contribution in [2.45, 2.75) is 26.2 Å². The zero-order chi connectivity index (χ0) is 16.4. The molecule has 1 aromatic carbocycles. The first-order chi connectivity index (χ1) is 10.8. The minimum atomic E-state index is 0.0620. The number of benzene rings is 1. The van der Waals surface area contributed by atoms with Gasteiger partial charge >= 0.3 is 0 Å². The van der Waals surface area contributed by atoms with Gasteiger partial charge in [0.2, 0.25) is 0 Å². The van der Waals surface area contributed by atoms with E-state index >= 15 is 0 Å². The lowest BCUT2D eigenvalue weighted by Crippen LogP contribution is -2.11. The van der Waals surface area contributed by atoms with Gasteiger partial charge in [0.1, 0.15) is 5.65 Å². The highest BCUT2D eigenvalue weighted by atomic mass is 35.5. The van der Waals surface area contributed by atoms with Crippen LogP contribution >= 0.6 is 23.2 Å². The van der Waals surface area contributed by atoms with Crippen molar-refractivity contribution in [1.82, 2.24) is 19.4 Å². The fourth-order valence-electron chi connectivity index (χ4n) is 2.60. The molecule has 0 aliphatic heterocycles. The monoisotopic (exact) mass is 344 g/mol. The van der Waals surface area contributed by atoms with Crippen LogP contribution in [0.1, 0.15) is 26.3 Å². The SMILES string of the molecule is CC(C)(C)c1ccn2c(c1)nc1nc3cc(Cl)c(Cl)cc3nc12. The predicted molar refractivity (Wildman–Crippen MR) is 94.5 cm³/mol. The van der Waals surface area contributed by atoms with Gasteiger partial charge in [-0.25, -0.2) is 15.0 Å². The second-order valence-corrected chi connectivity index (χ2v) is 7.45. The van der Waals surface area contributed by atoms with Gasteiger partial charge in [-0.05, 0) is 35.2 Å². The van der Waals surface area contributed by atoms with E-state index < -0.39 is 0 Å². The Hall–Kier alpha value is -1.91. The number of rotatable bonds is 0. The molecule has 0 aliphatic rings. The zero-order valence-electron chi connectivity index (χ0n) is 12.9. The van der Waals surface area contributed by atoms with Gasteiger partial charge in [-0.2, -0.15) is 0 Å². The lowest BCUT2D eigenvalue weighted by atomic mass is 9.88. The number of imidazole rings is 1. The Balaban J connectivity index is 2.06. The average molecular weight is 345 g/mol. The summed E-state index contributed by atoms with van der Waals surface area (Å²) in [6, 6.07) is 7.62. The molecular formula is C17H14Cl2N4. The van der Waals surface area contributed by atoms with E-state index in [1.54, 1.807) is 12.1 Å². The van der Waals surface area contributed by atoms with Crippen LogP contribution in [-0.2, 0) is 5.41 Å². The highest BCUT2D eigenvalue weighted by molar-refractivity contribution is 6.42. The van der Waals surface area contributed by atoms with Crippen molar-refractivity contribution in [2.75, 3.05) is 0 Å². The lowest BCUT2D eigenvalue weighted by molar-refractivity contribution is 0.590. The van der Waals surface area contributed by atoms with Gasteiger partial charge in [0, 0.05) is 6.20 Å². The molecule has 0 atom stereocenters. The standard InChI is InChI=1S/C17H14Cl2N4/c1-17(2,3)9-4-5-23-14(6-9)22-15-16(23)21-13-8-11(19)10(18)7-12(13)20-15/h4-8H,1-3H3. The summed E-state index contributed by atoms with van der Waals surface area (Å²) >= 11 is 12.1. The smallest absolute Gasteiger partial charge is 0.198 e. The number of aromatic nitrogens is 4. The highest BCUT2D eigenvalue weighted by Gasteiger charge is 2.16. The molecule has 4 rings (SSSR count). The molecule has 0 saturated heterocycles. The minimum absolute atomic E-state index is 0.0620. The van der Waals surface area contributed by atoms with Crippen LogP contribution in [0, 0.1) is 0 Å². The summed E-state index contributed by atoms with van der Waals surface area (Å²) in [5, 5.41) is 0.934. The molecular weight excluding hydrogens is 331 g/mol. The third kappa shape index (κ3) is 2.33. The van der Waals surface area contributed by atoms with Crippen LogP contribution < -0.4 is 0 Å². The van der Waals surface area contributed by atoms with E-state index in [9.17, 15) is 0 Å². The van der Waals surface area contributed by atoms with Crippen molar-refractivity contribution < 1.29 is 0 Å². The van der Waals surface area contributed by atoms with E-state index in [0.29, 0.717) is 32.4 Å². The summed E-state index contributed by atoms with van der Waals surface area (Å²) in [4.78, 5) is 13.8. The van der Waals surface area contributed by atoms with E-state index in [2.05, 4.69) is 47.9 Å². The van der Waals surface area contributed by atoms with Crippen LogP contribution in [0.2, 0.25) is 10.0 Å². The molecule has 0 unspecified atom stereocenters. The molecule has 0 bridgehead atoms. The molecule has 0 aliphatic carbocycles. The van der Waals surface area contributed by atoms with Gasteiger partial charge in [0.05, 0.1) is 21.1 Å². The molecule has 0 radical (unpaired) electrons. The van der Waals surface area contributed by atoms with Gasteiger partial charge in [-0.1, -0.05) is 44.0 Å². The molecule has 116 valence electrons. The largest absolute Gasteiger partial charge is 0.283 e. The molecule has 6 heteroatoms. The van der Waals surface area contributed by atoms with Gasteiger partial charge in [0.25, 0.3) is 0 Å². The average Bonchev–Trinajstić information content (AvgIpc) is 2.82. The predicted octanol–water partition coefficient (Wildman–Crippen LogP) is 5.04. The Bertz CT molecular complexity index is 1080. The quantitative estimate of drug-likeness (QED) is 0.449. The zero-order valence-corrected chi connectivity index (χ0v) is 14.4. The number of halogens is 2. The summed E-state index contributed by atoms with van der Waals surface area (Å²) in [6.45, 7) is 6.53. The molecule has 0 fully saturated rings. The van der Waals surface area contributed by atoms with Gasteiger partial charge in [-0.3, -0.25) is 4.40 Å². The maximum absolute atomic E-state index is 6.08. The van der Waals surface area contributed by atoms with E-state index in [1.165, 1.54) is 5.56 Å². The Morgan fingerprint density at radius 2 is 1.57 bits per heavy atom. The molecule has 4 nitrogen and oxygen atoms in total. The van der Waals surface area contributed by atoms with E-state index in [1.807, 2.05) is 10.6 Å². The maximum atomic E-state index is 6.08. The van der Waals surface area contributed by atoms with Gasteiger partial charge in [0.15, 0.2) is 11.3 Å². The first-order valence-corrected chi connectivity index (χ1v) is 8.04. The molecule has 3 aromatic heterocycles. The van der Waals surface area contributed by atoms with Crippen LogP contribution in [0.5, 0.6) is 0 Å². The summed E-state index contributed by atoms with van der Waals surface area (Å²) in [5.41, 5.74) is 4.82. The Kier molecular flexibility index (Phi) is 3.06. The molecule has 23 heavy (non-hydrogen) atoms. The topological polar surface area (TPSA) is 43.1 Å². The summed E-state index contributed by atoms with van der Waals surface area (Å²) in [6.07, 6.45) is 1.99. The van der Waals surface area contributed by atoms with Gasteiger partial charge < -0.3 is 0 Å². The summed E-state index contributed by atoms with van der Waals surface area (Å²) in [7, 11) is 0. The Morgan fingerprint density at radius 1 is 0.913 bits per heavy atom. The first kappa shape index (κ1) is 14.7. The van der Waals surface area contributed by atoms with E-state index in [0.717, 1.165) is 5.65 Å². The third-order valence-electron chi connectivity index (χ3n) is 3.92. The van der Waals surface area contributed by atoms with E-state index in [4.69, 9.17) is 23.2 Å². The van der Waals surface area contributed by atoms with Crippen molar-refractivity contribution >= 4 is 51.2 Å². The molecule has 0 spiro atoms. The molecule has 3 heterocycles. The second-order valence-electron chi connectivity index (χ2n) is 6.63. The molecule has 0 N–H and O–H groups in total. The third-order valence-corrected chi connectivity index (χ3v) is 4.64. The second kappa shape index (κ2) is 4.79. The summed E-state index contributed by atoms with van der Waals surface area (Å²) < 4.78 is 1.94. The van der Waals surface area contributed by atoms with Crippen LogP contribution in [0.4, 0.5) is 0 Å². The number of nitrogens with zero attached hydrogens (tertiary/aromatic N) is 4. The number of hydrogen-bond acceptors (Lipinski definition) is 3. The Morgan fingerprint density at radius 3 is 2.22 bits per heavy atom. The molecule has 0 amide bonds. The molecule has 4 aromatic rings. The number of hydrogen-bond donors (Lipinski definition) is 0. The van der Waals surface area contributed by atoms with Crippen LogP contribution in [-0.4, -0.2) is 19.4 Å². The fourth-order valence-corrected chi connectivity index (χ4v) is 2.91. The van der Waals surface area contributed by atoms with Crippen LogP contribution in [0.25, 0.3) is 28.0 Å². The van der Waals surface area contributed by atoms with Gasteiger partial charge in [-0.15, -0.1) is 0 Å². The van der Waals surface area contributed by atoms with Crippen LogP contribution in [0.3, 0.4) is 0 Å². The number of fused-ring (bicyclic) bond motifs is 4. The normalized spacial score (nSPS) is 12.6. The first-order valence-electron chi connectivity index (χ1n) is 7.28. The molecule has 0 saturated carbocycles. The summed E-state index contributed by atoms with van der Waals surface area (Å²) in [5.74, 6) is 0. The van der Waals surface area contributed by atoms with Crippen molar-refractivity contribution in [1.29, 1.82) is 0 Å². The fraction of sp³-hybridized carbons (Fsp3) is 0.235. The van der Waals surface area contributed by atoms with Crippen LogP contribution in [0.15, 0.2) is 30.5 Å². The van der Waals surface area contributed by atoms with E-state index in [-0.39, 0.29) is 5.41 Å². The van der Waals surface area contributed by atoms with Crippen molar-refractivity contribution in [2.24, 2.45) is 0 Å². The maximum Gasteiger partial charge on any atom is 0.198 e. The van der Waals surface area contributed by atoms with Crippen molar-refractivity contribution in [3.05, 3.63) is 46.1 Å². The highest BCUT2D eigenvalue weighted by Crippen LogP contribution is 2.28. The Labute approximate surface area is 143 Å². The van der Waals surface area contributed by atoms with Crippen molar-refractivity contribution in [3.63, 3.8) is 0 Å². The lowest BCUT2D eigenvalue weighted by Gasteiger charge is -2.18. The van der Waals surface area contributed by atoms with Crippen molar-refractivity contribution in [3.8, 4) is 0 Å². The number of pyridine rings is 1. The minimum Gasteiger partial charge on any atom is -0.283 e.